The highest BCUT2D eigenvalue weighted by Crippen LogP contribution is 2.40. The maximum atomic E-state index is 13.8. The van der Waals surface area contributed by atoms with E-state index >= 15 is 0 Å². The van der Waals surface area contributed by atoms with E-state index in [4.69, 9.17) is 9.47 Å². The topological polar surface area (TPSA) is 129 Å². The Labute approximate surface area is 262 Å². The quantitative estimate of drug-likeness (QED) is 0.244. The SMILES string of the molecule is COc1ccc(CNC(=O)N[C@@H](Cc2ccccc2)[C@H](O)C(=O)N2CSC(C)(C)[C@H]2C(=O)NCc2cccc(OC)c2)cc1. The number of aliphatic hydroxyl groups excluding tert-OH is 1. The first-order chi connectivity index (χ1) is 21.1. The molecule has 1 aliphatic rings. The van der Waals surface area contributed by atoms with E-state index in [9.17, 15) is 19.5 Å². The van der Waals surface area contributed by atoms with Crippen molar-refractivity contribution in [1.29, 1.82) is 0 Å². The van der Waals surface area contributed by atoms with Gasteiger partial charge in [-0.05, 0) is 61.2 Å². The van der Waals surface area contributed by atoms with Crippen molar-refractivity contribution < 1.29 is 29.0 Å². The van der Waals surface area contributed by atoms with Crippen LogP contribution < -0.4 is 25.4 Å². The molecule has 44 heavy (non-hydrogen) atoms. The van der Waals surface area contributed by atoms with Gasteiger partial charge in [0, 0.05) is 17.8 Å². The molecule has 0 unspecified atom stereocenters. The highest BCUT2D eigenvalue weighted by atomic mass is 32.2. The molecular formula is C33H40N4O6S. The second kappa shape index (κ2) is 15.0. The molecule has 0 aromatic heterocycles. The largest absolute Gasteiger partial charge is 0.497 e. The zero-order valence-electron chi connectivity index (χ0n) is 25.4. The summed E-state index contributed by atoms with van der Waals surface area (Å²) in [5, 5.41) is 20.0. The number of thioether (sulfide) groups is 1. The molecular weight excluding hydrogens is 580 g/mol. The molecule has 3 atom stereocenters. The van der Waals surface area contributed by atoms with Crippen LogP contribution in [-0.2, 0) is 29.1 Å². The number of urea groups is 1. The number of carbonyl (C=O) groups excluding carboxylic acids is 3. The fourth-order valence-electron chi connectivity index (χ4n) is 5.08. The molecule has 0 radical (unpaired) electrons. The van der Waals surface area contributed by atoms with Crippen LogP contribution in [0.4, 0.5) is 4.79 Å². The summed E-state index contributed by atoms with van der Waals surface area (Å²) in [7, 11) is 3.16. The van der Waals surface area contributed by atoms with Gasteiger partial charge in [0.1, 0.15) is 17.5 Å². The smallest absolute Gasteiger partial charge is 0.315 e. The number of hydrogen-bond donors (Lipinski definition) is 4. The first kappa shape index (κ1) is 32.7. The number of hydrogen-bond acceptors (Lipinski definition) is 7. The van der Waals surface area contributed by atoms with Crippen molar-refractivity contribution in [2.75, 3.05) is 20.1 Å². The number of methoxy groups -OCH3 is 2. The Bertz CT molecular complexity index is 1420. The zero-order valence-corrected chi connectivity index (χ0v) is 26.2. The average Bonchev–Trinajstić information content (AvgIpc) is 3.37. The average molecular weight is 621 g/mol. The maximum absolute atomic E-state index is 13.8. The number of rotatable bonds is 12. The Hall–Kier alpha value is -4.22. The van der Waals surface area contributed by atoms with Gasteiger partial charge < -0.3 is 35.4 Å². The Morgan fingerprint density at radius 3 is 2.23 bits per heavy atom. The first-order valence-electron chi connectivity index (χ1n) is 14.4. The van der Waals surface area contributed by atoms with Gasteiger partial charge in [0.25, 0.3) is 5.91 Å². The third kappa shape index (κ3) is 8.45. The van der Waals surface area contributed by atoms with Crippen LogP contribution in [-0.4, -0.2) is 70.9 Å². The molecule has 11 heteroatoms. The molecule has 234 valence electrons. The molecule has 3 aromatic carbocycles. The van der Waals surface area contributed by atoms with E-state index in [1.807, 2.05) is 80.6 Å². The Balaban J connectivity index is 1.46. The normalized spacial score (nSPS) is 16.8. The van der Waals surface area contributed by atoms with Crippen LogP contribution in [0.15, 0.2) is 78.9 Å². The lowest BCUT2D eigenvalue weighted by Gasteiger charge is -2.33. The molecule has 4 amide bonds. The van der Waals surface area contributed by atoms with E-state index in [-0.39, 0.29) is 31.3 Å². The maximum Gasteiger partial charge on any atom is 0.315 e. The lowest BCUT2D eigenvalue weighted by atomic mass is 9.97. The molecule has 0 aliphatic carbocycles. The second-order valence-electron chi connectivity index (χ2n) is 11.1. The van der Waals surface area contributed by atoms with Gasteiger partial charge in [0.15, 0.2) is 6.10 Å². The van der Waals surface area contributed by atoms with Crippen molar-refractivity contribution in [3.05, 3.63) is 95.6 Å². The van der Waals surface area contributed by atoms with E-state index in [0.717, 1.165) is 16.7 Å². The minimum atomic E-state index is -1.59. The van der Waals surface area contributed by atoms with Crippen LogP contribution in [0.25, 0.3) is 0 Å². The fourth-order valence-corrected chi connectivity index (χ4v) is 6.22. The highest BCUT2D eigenvalue weighted by molar-refractivity contribution is 8.00. The van der Waals surface area contributed by atoms with E-state index in [1.165, 1.54) is 16.7 Å². The molecule has 0 saturated carbocycles. The van der Waals surface area contributed by atoms with Crippen LogP contribution in [0.2, 0.25) is 0 Å². The minimum absolute atomic E-state index is 0.209. The third-order valence-corrected chi connectivity index (χ3v) is 8.91. The molecule has 1 saturated heterocycles. The lowest BCUT2D eigenvalue weighted by molar-refractivity contribution is -0.147. The third-order valence-electron chi connectivity index (χ3n) is 7.54. The van der Waals surface area contributed by atoms with Crippen molar-refractivity contribution in [3.8, 4) is 11.5 Å². The van der Waals surface area contributed by atoms with Gasteiger partial charge >= 0.3 is 6.03 Å². The van der Waals surface area contributed by atoms with Gasteiger partial charge in [-0.3, -0.25) is 9.59 Å². The summed E-state index contributed by atoms with van der Waals surface area (Å²) in [5.41, 5.74) is 2.55. The summed E-state index contributed by atoms with van der Waals surface area (Å²) < 4.78 is 9.84. The standard InChI is InChI=1S/C33H40N4O6S/c1-33(2)29(30(39)34-20-24-11-8-12-26(17-24)43-4)37(21-44-33)31(40)28(38)27(18-22-9-6-5-7-10-22)36-32(41)35-19-23-13-15-25(42-3)16-14-23/h5-17,27-29,38H,18-21H2,1-4H3,(H,34,39)(H2,35,36,41)/t27-,28-,29+/m0/s1. The molecule has 4 rings (SSSR count). The van der Waals surface area contributed by atoms with Crippen LogP contribution >= 0.6 is 11.8 Å². The van der Waals surface area contributed by atoms with Gasteiger partial charge in [-0.15, -0.1) is 11.8 Å². The van der Waals surface area contributed by atoms with E-state index < -0.39 is 34.9 Å². The molecule has 0 bridgehead atoms. The number of aliphatic hydroxyl groups is 1. The molecule has 1 heterocycles. The summed E-state index contributed by atoms with van der Waals surface area (Å²) in [6.07, 6.45) is -1.38. The molecule has 0 spiro atoms. The summed E-state index contributed by atoms with van der Waals surface area (Å²) in [5.74, 6) is 0.660. The van der Waals surface area contributed by atoms with Gasteiger partial charge in [-0.2, -0.15) is 0 Å². The Morgan fingerprint density at radius 2 is 1.55 bits per heavy atom. The second-order valence-corrected chi connectivity index (χ2v) is 12.7. The van der Waals surface area contributed by atoms with Gasteiger partial charge in [-0.25, -0.2) is 4.79 Å². The van der Waals surface area contributed by atoms with Gasteiger partial charge in [0.05, 0.1) is 26.1 Å². The highest BCUT2D eigenvalue weighted by Gasteiger charge is 2.49. The van der Waals surface area contributed by atoms with Crippen LogP contribution in [0.5, 0.6) is 11.5 Å². The number of amides is 4. The molecule has 3 aromatic rings. The zero-order chi connectivity index (χ0) is 31.7. The Kier molecular flexibility index (Phi) is 11.1. The number of ether oxygens (including phenoxy) is 2. The number of nitrogens with one attached hydrogen (secondary N) is 3. The number of benzene rings is 3. The van der Waals surface area contributed by atoms with E-state index in [2.05, 4.69) is 16.0 Å². The summed E-state index contributed by atoms with van der Waals surface area (Å²) in [6.45, 7) is 4.30. The molecule has 1 aliphatic heterocycles. The molecule has 10 nitrogen and oxygen atoms in total. The predicted molar refractivity (Wildman–Crippen MR) is 170 cm³/mol. The first-order valence-corrected chi connectivity index (χ1v) is 15.3. The van der Waals surface area contributed by atoms with Crippen LogP contribution in [0.3, 0.4) is 0 Å². The van der Waals surface area contributed by atoms with Crippen molar-refractivity contribution >= 4 is 29.6 Å². The van der Waals surface area contributed by atoms with Gasteiger partial charge in [0.2, 0.25) is 5.91 Å². The van der Waals surface area contributed by atoms with Crippen LogP contribution in [0.1, 0.15) is 30.5 Å². The van der Waals surface area contributed by atoms with Crippen molar-refractivity contribution in [3.63, 3.8) is 0 Å². The minimum Gasteiger partial charge on any atom is -0.497 e. The molecule has 1 fully saturated rings. The summed E-state index contributed by atoms with van der Waals surface area (Å²) in [4.78, 5) is 41.7. The Morgan fingerprint density at radius 1 is 0.886 bits per heavy atom. The van der Waals surface area contributed by atoms with E-state index in [1.54, 1.807) is 26.4 Å². The van der Waals surface area contributed by atoms with Crippen molar-refractivity contribution in [2.24, 2.45) is 0 Å². The van der Waals surface area contributed by atoms with E-state index in [0.29, 0.717) is 11.5 Å². The van der Waals surface area contributed by atoms with Crippen molar-refractivity contribution in [2.45, 2.75) is 56.3 Å². The summed E-state index contributed by atoms with van der Waals surface area (Å²) >= 11 is 1.46. The van der Waals surface area contributed by atoms with Crippen molar-refractivity contribution in [1.82, 2.24) is 20.9 Å². The summed E-state index contributed by atoms with van der Waals surface area (Å²) in [6, 6.07) is 21.7. The lowest BCUT2D eigenvalue weighted by Crippen LogP contribution is -2.59. The predicted octanol–water partition coefficient (Wildman–Crippen LogP) is 3.47. The molecule has 4 N–H and O–H groups in total. The fraction of sp³-hybridized carbons (Fsp3) is 0.364. The number of nitrogens with zero attached hydrogens (tertiary/aromatic N) is 1. The van der Waals surface area contributed by atoms with Gasteiger partial charge in [-0.1, -0.05) is 54.6 Å². The monoisotopic (exact) mass is 620 g/mol. The number of carbonyl (C=O) groups is 3. The van der Waals surface area contributed by atoms with Crippen LogP contribution in [0, 0.1) is 0 Å².